The van der Waals surface area contributed by atoms with E-state index in [1.807, 2.05) is 31.3 Å². The van der Waals surface area contributed by atoms with E-state index in [4.69, 9.17) is 4.74 Å². The average Bonchev–Trinajstić information content (AvgIpc) is 3.90. The smallest absolute Gasteiger partial charge is 0.272 e. The molecule has 0 bridgehead atoms. The summed E-state index contributed by atoms with van der Waals surface area (Å²) in [5, 5.41) is 39.0. The number of ketones is 1. The Balaban J connectivity index is 0.728. The second-order valence-corrected chi connectivity index (χ2v) is 17.2. The molecular weight excluding hydrogens is 848 g/mol. The van der Waals surface area contributed by atoms with Crippen LogP contribution in [0.5, 0.6) is 17.2 Å². The third-order valence-electron chi connectivity index (χ3n) is 11.7. The number of benzene rings is 5. The number of unbranched alkanes of at least 4 members (excludes halogenated alkanes) is 2. The molecule has 0 saturated carbocycles. The molecular formula is C49H45FN8O6S. The third kappa shape index (κ3) is 9.03. The first-order valence-corrected chi connectivity index (χ1v) is 22.1. The fraction of sp³-hybridized carbons (Fsp3) is 0.224. The zero-order valence-corrected chi connectivity index (χ0v) is 36.4. The minimum atomic E-state index is -0.540. The molecule has 65 heavy (non-hydrogen) atoms. The summed E-state index contributed by atoms with van der Waals surface area (Å²) in [7, 11) is 3.81. The van der Waals surface area contributed by atoms with Gasteiger partial charge in [-0.1, -0.05) is 18.6 Å². The van der Waals surface area contributed by atoms with Gasteiger partial charge in [-0.05, 0) is 129 Å². The number of nitrogens with one attached hydrogen (secondary N) is 3. The largest absolute Gasteiger partial charge is 0.508 e. The first-order valence-electron chi connectivity index (χ1n) is 21.2. The van der Waals surface area contributed by atoms with Crippen molar-refractivity contribution in [1.82, 2.24) is 29.9 Å². The van der Waals surface area contributed by atoms with E-state index < -0.39 is 23.3 Å². The molecule has 5 aromatic carbocycles. The number of aromatic nitrogens is 5. The summed E-state index contributed by atoms with van der Waals surface area (Å²) >= 11 is 1.42. The van der Waals surface area contributed by atoms with Crippen LogP contribution in [0, 0.1) is 5.82 Å². The predicted octanol–water partition coefficient (Wildman–Crippen LogP) is 8.52. The van der Waals surface area contributed by atoms with Crippen molar-refractivity contribution < 1.29 is 28.9 Å². The van der Waals surface area contributed by atoms with Gasteiger partial charge < -0.3 is 30.5 Å². The lowest BCUT2D eigenvalue weighted by atomic mass is 9.83. The van der Waals surface area contributed by atoms with Gasteiger partial charge in [0.1, 0.15) is 41.8 Å². The van der Waals surface area contributed by atoms with E-state index in [0.717, 1.165) is 51.9 Å². The van der Waals surface area contributed by atoms with E-state index in [-0.39, 0.29) is 28.6 Å². The number of aromatic amines is 1. The van der Waals surface area contributed by atoms with Gasteiger partial charge in [0.2, 0.25) is 5.91 Å². The lowest BCUT2D eigenvalue weighted by Crippen LogP contribution is -2.30. The fourth-order valence-corrected chi connectivity index (χ4v) is 9.65. The van der Waals surface area contributed by atoms with Crippen LogP contribution in [0.2, 0.25) is 0 Å². The third-order valence-corrected chi connectivity index (χ3v) is 12.9. The number of amides is 1. The molecule has 1 amide bonds. The number of thiophene rings is 1. The van der Waals surface area contributed by atoms with Crippen LogP contribution >= 0.6 is 11.3 Å². The van der Waals surface area contributed by atoms with Gasteiger partial charge in [0.15, 0.2) is 5.78 Å². The molecule has 16 heteroatoms. The predicted molar refractivity (Wildman–Crippen MR) is 249 cm³/mol. The molecule has 9 rings (SSSR count). The highest BCUT2D eigenvalue weighted by molar-refractivity contribution is 7.22. The second-order valence-electron chi connectivity index (χ2n) is 16.2. The van der Waals surface area contributed by atoms with Crippen molar-refractivity contribution in [2.24, 2.45) is 7.05 Å². The lowest BCUT2D eigenvalue weighted by molar-refractivity contribution is -0.116. The van der Waals surface area contributed by atoms with Gasteiger partial charge in [-0.2, -0.15) is 10.2 Å². The van der Waals surface area contributed by atoms with Crippen molar-refractivity contribution >= 4 is 55.3 Å². The molecule has 1 aliphatic heterocycles. The van der Waals surface area contributed by atoms with E-state index >= 15 is 0 Å². The van der Waals surface area contributed by atoms with Crippen LogP contribution in [0.25, 0.3) is 31.3 Å². The SMILES string of the molecule is CN(CCCCCC(=O)Nc1ccc([C@H]2Nc3cc(F)cc4c(=O)[nH]nc(c34)C2c2ncnn2C)cc1)CCOc1ccc(C(=O)c2c(-c3ccc(O)cc3)sc3cc(O)ccc23)cc1. The Morgan fingerprint density at radius 3 is 2.43 bits per heavy atom. The molecule has 0 radical (unpaired) electrons. The molecule has 0 fully saturated rings. The van der Waals surface area contributed by atoms with Gasteiger partial charge >= 0.3 is 0 Å². The molecule has 0 aliphatic carbocycles. The van der Waals surface area contributed by atoms with Crippen molar-refractivity contribution in [1.29, 1.82) is 0 Å². The molecule has 14 nitrogen and oxygen atoms in total. The van der Waals surface area contributed by atoms with Gasteiger partial charge in [0.25, 0.3) is 5.56 Å². The van der Waals surface area contributed by atoms with Crippen molar-refractivity contribution in [2.75, 3.05) is 37.4 Å². The number of carbonyl (C=O) groups is 2. The Labute approximate surface area is 376 Å². The normalized spacial score (nSPS) is 14.5. The van der Waals surface area contributed by atoms with Gasteiger partial charge in [0, 0.05) is 62.9 Å². The van der Waals surface area contributed by atoms with Crippen LogP contribution in [0.3, 0.4) is 0 Å². The molecule has 0 spiro atoms. The molecule has 1 aliphatic rings. The number of ether oxygens (including phenoxy) is 1. The molecule has 2 atom stereocenters. The van der Waals surface area contributed by atoms with Crippen LogP contribution in [0.1, 0.15) is 70.6 Å². The Kier molecular flexibility index (Phi) is 12.1. The number of aromatic hydroxyl groups is 2. The molecule has 330 valence electrons. The minimum absolute atomic E-state index is 0.0778. The van der Waals surface area contributed by atoms with Crippen LogP contribution in [0.4, 0.5) is 15.8 Å². The molecule has 3 aromatic heterocycles. The Morgan fingerprint density at radius 2 is 1.68 bits per heavy atom. The van der Waals surface area contributed by atoms with Gasteiger partial charge in [-0.3, -0.25) is 19.1 Å². The number of anilines is 2. The van der Waals surface area contributed by atoms with Crippen LogP contribution < -0.4 is 20.9 Å². The number of aryl methyl sites for hydroxylation is 1. The Bertz CT molecular complexity index is 3100. The minimum Gasteiger partial charge on any atom is -0.508 e. The fourth-order valence-electron chi connectivity index (χ4n) is 8.42. The van der Waals surface area contributed by atoms with Crippen molar-refractivity contribution in [3.63, 3.8) is 0 Å². The maximum Gasteiger partial charge on any atom is 0.272 e. The number of rotatable bonds is 16. The van der Waals surface area contributed by atoms with Crippen LogP contribution in [0.15, 0.2) is 114 Å². The summed E-state index contributed by atoms with van der Waals surface area (Å²) in [5.74, 6) is 0.307. The summed E-state index contributed by atoms with van der Waals surface area (Å²) in [5.41, 5.74) is 3.89. The number of halogens is 1. The number of phenols is 2. The molecule has 1 unspecified atom stereocenters. The highest BCUT2D eigenvalue weighted by Gasteiger charge is 2.38. The van der Waals surface area contributed by atoms with E-state index in [2.05, 4.69) is 35.8 Å². The van der Waals surface area contributed by atoms with Crippen molar-refractivity contribution in [3.05, 3.63) is 154 Å². The van der Waals surface area contributed by atoms with Crippen molar-refractivity contribution in [2.45, 2.75) is 37.6 Å². The number of likely N-dealkylation sites (N-methyl/N-ethyl adjacent to an activating group) is 1. The van der Waals surface area contributed by atoms with E-state index in [9.17, 15) is 29.0 Å². The zero-order valence-electron chi connectivity index (χ0n) is 35.5. The Hall–Kier alpha value is -7.43. The topological polar surface area (TPSA) is 188 Å². The summed E-state index contributed by atoms with van der Waals surface area (Å²) in [6, 6.07) is 28.4. The van der Waals surface area contributed by atoms with E-state index in [1.54, 1.807) is 78.5 Å². The van der Waals surface area contributed by atoms with E-state index in [0.29, 0.717) is 64.7 Å². The average molecular weight is 893 g/mol. The number of nitrogens with zero attached hydrogens (tertiary/aromatic N) is 5. The highest BCUT2D eigenvalue weighted by atomic mass is 32.1. The molecule has 4 heterocycles. The first kappa shape index (κ1) is 42.9. The summed E-state index contributed by atoms with van der Waals surface area (Å²) in [6.07, 6.45) is 4.38. The lowest BCUT2D eigenvalue weighted by Gasteiger charge is -2.33. The van der Waals surface area contributed by atoms with Crippen molar-refractivity contribution in [3.8, 4) is 27.7 Å². The monoisotopic (exact) mass is 892 g/mol. The maximum atomic E-state index is 14.7. The summed E-state index contributed by atoms with van der Waals surface area (Å²) in [4.78, 5) is 46.9. The Morgan fingerprint density at radius 1 is 0.908 bits per heavy atom. The zero-order chi connectivity index (χ0) is 45.2. The van der Waals surface area contributed by atoms with Crippen LogP contribution in [-0.2, 0) is 11.8 Å². The summed E-state index contributed by atoms with van der Waals surface area (Å²) in [6.45, 7) is 2.01. The standard InChI is InChI=1S/C49H45FN8O6S/c1-57(22-23-64-35-18-11-29(12-19-35)46(62)42-36-20-17-34(60)26-39(36)65-47(42)30-9-15-33(59)16-10-30)21-5-3-4-6-40(61)53-32-13-7-28(8-14-32)44-43(48-51-27-52-58(48)2)45-41-37(49(63)56-55-45)24-31(50)25-38(41)54-44/h7-20,24-27,43-44,54,59-60H,3-6,21-23H2,1-2H3,(H,53,61)(H,56,63)/t43?,44-/m1/s1. The number of carbonyl (C=O) groups excluding carboxylic acids is 2. The van der Waals surface area contributed by atoms with Gasteiger partial charge in [-0.15, -0.1) is 11.3 Å². The highest BCUT2D eigenvalue weighted by Crippen LogP contribution is 2.46. The second kappa shape index (κ2) is 18.3. The van der Waals surface area contributed by atoms with Gasteiger partial charge in [-0.25, -0.2) is 14.5 Å². The quantitative estimate of drug-likeness (QED) is 0.0462. The first-order chi connectivity index (χ1) is 31.5. The summed E-state index contributed by atoms with van der Waals surface area (Å²) < 4.78 is 23.1. The van der Waals surface area contributed by atoms with E-state index in [1.165, 1.54) is 29.8 Å². The number of fused-ring (bicyclic) bond motifs is 1. The molecule has 5 N–H and O–H groups in total. The number of H-pyrrole nitrogens is 1. The molecule has 0 saturated heterocycles. The maximum absolute atomic E-state index is 14.7. The number of hydrogen-bond donors (Lipinski definition) is 5. The number of phenolic OH excluding ortho intramolecular Hbond substituents is 2. The molecule has 8 aromatic rings. The van der Waals surface area contributed by atoms with Crippen LogP contribution in [-0.4, -0.2) is 78.5 Å². The van der Waals surface area contributed by atoms with Gasteiger partial charge in [0.05, 0.1) is 23.0 Å². The number of hydrogen-bond acceptors (Lipinski definition) is 12.